The number of carbonyl (C=O) groups is 2. The summed E-state index contributed by atoms with van der Waals surface area (Å²) in [5, 5.41) is 9.13. The predicted molar refractivity (Wildman–Crippen MR) is 108 cm³/mol. The van der Waals surface area contributed by atoms with Gasteiger partial charge in [0.1, 0.15) is 0 Å². The van der Waals surface area contributed by atoms with Crippen molar-refractivity contribution in [3.05, 3.63) is 65.2 Å². The number of carboxylic acids is 1. The van der Waals surface area contributed by atoms with Gasteiger partial charge in [0.05, 0.1) is 12.1 Å². The first kappa shape index (κ1) is 18.7. The molecule has 0 unspecified atom stereocenters. The van der Waals surface area contributed by atoms with Crippen LogP contribution in [0.15, 0.2) is 48.5 Å². The number of anilines is 1. The zero-order valence-corrected chi connectivity index (χ0v) is 15.9. The molecule has 2 aliphatic heterocycles. The van der Waals surface area contributed by atoms with E-state index in [2.05, 4.69) is 15.9 Å². The van der Waals surface area contributed by atoms with Crippen molar-refractivity contribution in [3.63, 3.8) is 0 Å². The minimum absolute atomic E-state index is 0.174. The molecule has 2 aromatic rings. The zero-order chi connectivity index (χ0) is 19.5. The van der Waals surface area contributed by atoms with Gasteiger partial charge in [0, 0.05) is 45.0 Å². The SMILES string of the molecule is O=C(O)c1cccc(CN2CCN(CC(=O)N3CCc4ccccc43)CC2)c1. The first-order valence-corrected chi connectivity index (χ1v) is 9.75. The van der Waals surface area contributed by atoms with Gasteiger partial charge >= 0.3 is 5.97 Å². The number of carboxylic acid groups (broad SMARTS) is 1. The zero-order valence-electron chi connectivity index (χ0n) is 15.9. The Bertz CT molecular complexity index is 875. The molecule has 0 radical (unpaired) electrons. The molecule has 0 aromatic heterocycles. The molecule has 6 heteroatoms. The molecule has 28 heavy (non-hydrogen) atoms. The number of benzene rings is 2. The topological polar surface area (TPSA) is 64.1 Å². The highest BCUT2D eigenvalue weighted by molar-refractivity contribution is 5.96. The van der Waals surface area contributed by atoms with Gasteiger partial charge in [-0.2, -0.15) is 0 Å². The molecule has 1 N–H and O–H groups in total. The van der Waals surface area contributed by atoms with Gasteiger partial charge in [0.15, 0.2) is 0 Å². The molecular formula is C22H25N3O3. The Labute approximate surface area is 165 Å². The summed E-state index contributed by atoms with van der Waals surface area (Å²) in [4.78, 5) is 30.3. The Morgan fingerprint density at radius 3 is 2.43 bits per heavy atom. The standard InChI is InChI=1S/C22H25N3O3/c26-21(25-9-8-18-5-1-2-7-20(18)25)16-24-12-10-23(11-13-24)15-17-4-3-6-19(14-17)22(27)28/h1-7,14H,8-13,15-16H2,(H,27,28). The van der Waals surface area contributed by atoms with Crippen LogP contribution in [0.2, 0.25) is 0 Å². The van der Waals surface area contributed by atoms with Crippen molar-refractivity contribution >= 4 is 17.6 Å². The fraction of sp³-hybridized carbons (Fsp3) is 0.364. The lowest BCUT2D eigenvalue weighted by atomic mass is 10.1. The van der Waals surface area contributed by atoms with Gasteiger partial charge in [-0.25, -0.2) is 4.79 Å². The third-order valence-corrected chi connectivity index (χ3v) is 5.59. The average Bonchev–Trinajstić information content (AvgIpc) is 3.14. The fourth-order valence-corrected chi connectivity index (χ4v) is 4.04. The lowest BCUT2D eigenvalue weighted by Gasteiger charge is -2.35. The number of aromatic carboxylic acids is 1. The first-order chi connectivity index (χ1) is 13.6. The lowest BCUT2D eigenvalue weighted by molar-refractivity contribution is -0.120. The van der Waals surface area contributed by atoms with E-state index in [1.165, 1.54) is 5.56 Å². The molecule has 2 aromatic carbocycles. The molecule has 1 saturated heterocycles. The number of hydrogen-bond acceptors (Lipinski definition) is 4. The molecule has 1 amide bonds. The normalized spacial score (nSPS) is 17.5. The summed E-state index contributed by atoms with van der Waals surface area (Å²) in [6.07, 6.45) is 0.936. The van der Waals surface area contributed by atoms with Crippen LogP contribution in [0.1, 0.15) is 21.5 Å². The van der Waals surface area contributed by atoms with Crippen LogP contribution in [0.4, 0.5) is 5.69 Å². The second-order valence-electron chi connectivity index (χ2n) is 7.48. The maximum atomic E-state index is 12.8. The first-order valence-electron chi connectivity index (χ1n) is 9.75. The van der Waals surface area contributed by atoms with Crippen molar-refractivity contribution in [3.8, 4) is 0 Å². The van der Waals surface area contributed by atoms with Crippen molar-refractivity contribution in [1.29, 1.82) is 0 Å². The number of para-hydroxylation sites is 1. The summed E-state index contributed by atoms with van der Waals surface area (Å²) in [6, 6.07) is 15.3. The average molecular weight is 379 g/mol. The molecule has 2 heterocycles. The quantitative estimate of drug-likeness (QED) is 0.862. The fourth-order valence-electron chi connectivity index (χ4n) is 4.04. The van der Waals surface area contributed by atoms with E-state index in [1.807, 2.05) is 29.2 Å². The van der Waals surface area contributed by atoms with Crippen molar-refractivity contribution in [2.75, 3.05) is 44.2 Å². The van der Waals surface area contributed by atoms with Crippen molar-refractivity contribution in [1.82, 2.24) is 9.80 Å². The molecule has 0 atom stereocenters. The van der Waals surface area contributed by atoms with Gasteiger partial charge in [-0.15, -0.1) is 0 Å². The summed E-state index contributed by atoms with van der Waals surface area (Å²) < 4.78 is 0. The van der Waals surface area contributed by atoms with Crippen LogP contribution in [0, 0.1) is 0 Å². The highest BCUT2D eigenvalue weighted by Crippen LogP contribution is 2.27. The second-order valence-corrected chi connectivity index (χ2v) is 7.48. The van der Waals surface area contributed by atoms with E-state index in [4.69, 9.17) is 5.11 Å². The molecule has 0 saturated carbocycles. The van der Waals surface area contributed by atoms with Gasteiger partial charge in [0.2, 0.25) is 5.91 Å². The van der Waals surface area contributed by atoms with E-state index in [0.717, 1.165) is 56.9 Å². The van der Waals surface area contributed by atoms with E-state index in [0.29, 0.717) is 12.1 Å². The van der Waals surface area contributed by atoms with Crippen LogP contribution < -0.4 is 4.90 Å². The Hall–Kier alpha value is -2.70. The predicted octanol–water partition coefficient (Wildman–Crippen LogP) is 2.09. The van der Waals surface area contributed by atoms with Crippen LogP contribution in [-0.2, 0) is 17.8 Å². The smallest absolute Gasteiger partial charge is 0.335 e. The van der Waals surface area contributed by atoms with Crippen LogP contribution in [0.5, 0.6) is 0 Å². The number of amides is 1. The molecule has 4 rings (SSSR count). The van der Waals surface area contributed by atoms with Crippen LogP contribution in [-0.4, -0.2) is 66.1 Å². The maximum Gasteiger partial charge on any atom is 0.335 e. The number of nitrogens with zero attached hydrogens (tertiary/aromatic N) is 3. The molecular weight excluding hydrogens is 354 g/mol. The minimum Gasteiger partial charge on any atom is -0.478 e. The summed E-state index contributed by atoms with van der Waals surface area (Å²) in [6.45, 7) is 5.42. The van der Waals surface area contributed by atoms with Gasteiger partial charge in [0.25, 0.3) is 0 Å². The number of hydrogen-bond donors (Lipinski definition) is 1. The Kier molecular flexibility index (Phi) is 5.41. The highest BCUT2D eigenvalue weighted by atomic mass is 16.4. The van der Waals surface area contributed by atoms with Gasteiger partial charge < -0.3 is 10.0 Å². The van der Waals surface area contributed by atoms with Crippen LogP contribution in [0.3, 0.4) is 0 Å². The summed E-state index contributed by atoms with van der Waals surface area (Å²) in [5.74, 6) is -0.721. The Morgan fingerprint density at radius 1 is 0.893 bits per heavy atom. The van der Waals surface area contributed by atoms with Gasteiger partial charge in [-0.1, -0.05) is 30.3 Å². The second kappa shape index (κ2) is 8.12. The summed E-state index contributed by atoms with van der Waals surface area (Å²) in [7, 11) is 0. The van der Waals surface area contributed by atoms with Gasteiger partial charge in [-0.05, 0) is 35.7 Å². The number of fused-ring (bicyclic) bond motifs is 1. The summed E-state index contributed by atoms with van der Waals surface area (Å²) >= 11 is 0. The summed E-state index contributed by atoms with van der Waals surface area (Å²) in [5.41, 5.74) is 3.65. The third kappa shape index (κ3) is 4.08. The van der Waals surface area contributed by atoms with E-state index >= 15 is 0 Å². The van der Waals surface area contributed by atoms with Crippen LogP contribution >= 0.6 is 0 Å². The van der Waals surface area contributed by atoms with Crippen molar-refractivity contribution in [2.24, 2.45) is 0 Å². The number of carbonyl (C=O) groups excluding carboxylic acids is 1. The Balaban J connectivity index is 1.28. The molecule has 0 aliphatic carbocycles. The molecule has 2 aliphatic rings. The molecule has 0 spiro atoms. The van der Waals surface area contributed by atoms with E-state index in [9.17, 15) is 9.59 Å². The van der Waals surface area contributed by atoms with E-state index < -0.39 is 5.97 Å². The van der Waals surface area contributed by atoms with E-state index in [1.54, 1.807) is 18.2 Å². The third-order valence-electron chi connectivity index (χ3n) is 5.59. The number of rotatable bonds is 5. The highest BCUT2D eigenvalue weighted by Gasteiger charge is 2.26. The van der Waals surface area contributed by atoms with Gasteiger partial charge in [-0.3, -0.25) is 14.6 Å². The molecule has 0 bridgehead atoms. The number of piperazine rings is 1. The maximum absolute atomic E-state index is 12.8. The molecule has 146 valence electrons. The minimum atomic E-state index is -0.895. The molecule has 6 nitrogen and oxygen atoms in total. The van der Waals surface area contributed by atoms with Crippen molar-refractivity contribution < 1.29 is 14.7 Å². The van der Waals surface area contributed by atoms with E-state index in [-0.39, 0.29) is 5.91 Å². The monoisotopic (exact) mass is 379 g/mol. The lowest BCUT2D eigenvalue weighted by Crippen LogP contribution is -2.49. The molecule has 1 fully saturated rings. The Morgan fingerprint density at radius 2 is 1.64 bits per heavy atom. The van der Waals surface area contributed by atoms with Crippen LogP contribution in [0.25, 0.3) is 0 Å². The van der Waals surface area contributed by atoms with Crippen molar-refractivity contribution in [2.45, 2.75) is 13.0 Å². The largest absolute Gasteiger partial charge is 0.478 e.